The number of hydrogen-bond donors (Lipinski definition) is 1. The Kier molecular flexibility index (Phi) is 2.78. The molecule has 0 aromatic heterocycles. The van der Waals surface area contributed by atoms with Gasteiger partial charge in [0.25, 0.3) is 0 Å². The van der Waals surface area contributed by atoms with Crippen molar-refractivity contribution in [3.05, 3.63) is 0 Å². The standard InChI is InChI=1S/C11H18N2O3/c1-11(2,13-5-6-16-10(13)15)7-12-9(14)8-3-4-8/h8H,3-7H2,1-2H3,(H,12,14). The summed E-state index contributed by atoms with van der Waals surface area (Å²) in [5, 5.41) is 2.89. The van der Waals surface area contributed by atoms with Crippen LogP contribution in [0.5, 0.6) is 0 Å². The van der Waals surface area contributed by atoms with Crippen LogP contribution >= 0.6 is 0 Å². The first kappa shape index (κ1) is 11.2. The van der Waals surface area contributed by atoms with Crippen LogP contribution in [0.15, 0.2) is 0 Å². The van der Waals surface area contributed by atoms with Crippen LogP contribution < -0.4 is 5.32 Å². The first-order valence-corrected chi connectivity index (χ1v) is 5.73. The van der Waals surface area contributed by atoms with Crippen LogP contribution in [-0.2, 0) is 9.53 Å². The number of cyclic esters (lactones) is 1. The molecule has 0 radical (unpaired) electrons. The van der Waals surface area contributed by atoms with Crippen molar-refractivity contribution in [1.82, 2.24) is 10.2 Å². The van der Waals surface area contributed by atoms with Gasteiger partial charge in [-0.2, -0.15) is 0 Å². The summed E-state index contributed by atoms with van der Waals surface area (Å²) in [7, 11) is 0. The van der Waals surface area contributed by atoms with Crippen molar-refractivity contribution in [2.45, 2.75) is 32.2 Å². The topological polar surface area (TPSA) is 58.6 Å². The number of nitrogens with one attached hydrogen (secondary N) is 1. The van der Waals surface area contributed by atoms with Crippen molar-refractivity contribution in [2.24, 2.45) is 5.92 Å². The Morgan fingerprint density at radius 2 is 2.25 bits per heavy atom. The second kappa shape index (κ2) is 3.96. The molecule has 1 saturated heterocycles. The summed E-state index contributed by atoms with van der Waals surface area (Å²) in [5.41, 5.74) is -0.377. The predicted octanol–water partition coefficient (Wildman–Crippen LogP) is 0.743. The lowest BCUT2D eigenvalue weighted by molar-refractivity contribution is -0.122. The lowest BCUT2D eigenvalue weighted by atomic mass is 10.0. The molecule has 0 aromatic carbocycles. The quantitative estimate of drug-likeness (QED) is 0.769. The molecule has 1 saturated carbocycles. The van der Waals surface area contributed by atoms with E-state index in [-0.39, 0.29) is 23.5 Å². The summed E-state index contributed by atoms with van der Waals surface area (Å²) in [6.45, 7) is 5.40. The minimum absolute atomic E-state index is 0.112. The van der Waals surface area contributed by atoms with Crippen LogP contribution in [0.25, 0.3) is 0 Å². The van der Waals surface area contributed by atoms with Gasteiger partial charge in [0.15, 0.2) is 0 Å². The molecule has 1 aliphatic heterocycles. The number of carbonyl (C=O) groups excluding carboxylic acids is 2. The predicted molar refractivity (Wildman–Crippen MR) is 57.9 cm³/mol. The number of hydrogen-bond acceptors (Lipinski definition) is 3. The average molecular weight is 226 g/mol. The van der Waals surface area contributed by atoms with Crippen LogP contribution in [0.4, 0.5) is 4.79 Å². The molecule has 2 fully saturated rings. The zero-order chi connectivity index (χ0) is 11.8. The van der Waals surface area contributed by atoms with E-state index in [1.165, 1.54) is 0 Å². The van der Waals surface area contributed by atoms with Crippen LogP contribution in [0.1, 0.15) is 26.7 Å². The third-order valence-corrected chi connectivity index (χ3v) is 3.13. The van der Waals surface area contributed by atoms with Crippen LogP contribution in [0, 0.1) is 5.92 Å². The number of nitrogens with zero attached hydrogens (tertiary/aromatic N) is 1. The Morgan fingerprint density at radius 3 is 2.75 bits per heavy atom. The fourth-order valence-electron chi connectivity index (χ4n) is 1.83. The van der Waals surface area contributed by atoms with Crippen molar-refractivity contribution in [2.75, 3.05) is 19.7 Å². The maximum atomic E-state index is 11.5. The zero-order valence-corrected chi connectivity index (χ0v) is 9.78. The van der Waals surface area contributed by atoms with E-state index in [1.807, 2.05) is 13.8 Å². The van der Waals surface area contributed by atoms with Gasteiger partial charge in [-0.1, -0.05) is 0 Å². The molecule has 2 rings (SSSR count). The zero-order valence-electron chi connectivity index (χ0n) is 9.78. The molecule has 2 aliphatic rings. The molecule has 0 bridgehead atoms. The van der Waals surface area contributed by atoms with Crippen LogP contribution in [-0.4, -0.2) is 42.1 Å². The van der Waals surface area contributed by atoms with E-state index in [0.29, 0.717) is 19.7 Å². The molecule has 0 unspecified atom stereocenters. The first-order chi connectivity index (χ1) is 7.50. The second-order valence-corrected chi connectivity index (χ2v) is 5.07. The monoisotopic (exact) mass is 226 g/mol. The molecule has 1 aliphatic carbocycles. The fourth-order valence-corrected chi connectivity index (χ4v) is 1.83. The molecule has 5 nitrogen and oxygen atoms in total. The highest BCUT2D eigenvalue weighted by atomic mass is 16.6. The van der Waals surface area contributed by atoms with E-state index in [2.05, 4.69) is 5.32 Å². The van der Waals surface area contributed by atoms with Crippen molar-refractivity contribution in [3.8, 4) is 0 Å². The van der Waals surface area contributed by atoms with E-state index in [1.54, 1.807) is 4.90 Å². The average Bonchev–Trinajstić information content (AvgIpc) is 2.98. The molecule has 1 heterocycles. The summed E-state index contributed by atoms with van der Waals surface area (Å²) in [4.78, 5) is 24.6. The number of carbonyl (C=O) groups is 2. The third-order valence-electron chi connectivity index (χ3n) is 3.13. The van der Waals surface area contributed by atoms with Gasteiger partial charge in [-0.15, -0.1) is 0 Å². The van der Waals surface area contributed by atoms with E-state index < -0.39 is 0 Å². The summed E-state index contributed by atoms with van der Waals surface area (Å²) in [6.07, 6.45) is 1.71. The normalized spacial score (nSPS) is 20.9. The molecule has 1 N–H and O–H groups in total. The first-order valence-electron chi connectivity index (χ1n) is 5.73. The van der Waals surface area contributed by atoms with Crippen LogP contribution in [0.2, 0.25) is 0 Å². The lowest BCUT2D eigenvalue weighted by Gasteiger charge is -2.33. The van der Waals surface area contributed by atoms with Crippen molar-refractivity contribution >= 4 is 12.0 Å². The second-order valence-electron chi connectivity index (χ2n) is 5.07. The fraction of sp³-hybridized carbons (Fsp3) is 0.818. The molecule has 0 aromatic rings. The Hall–Kier alpha value is -1.26. The molecular weight excluding hydrogens is 208 g/mol. The maximum absolute atomic E-state index is 11.5. The van der Waals surface area contributed by atoms with Gasteiger partial charge in [0, 0.05) is 12.5 Å². The lowest BCUT2D eigenvalue weighted by Crippen LogP contribution is -2.52. The summed E-state index contributed by atoms with van der Waals surface area (Å²) < 4.78 is 4.89. The third kappa shape index (κ3) is 2.28. The number of amides is 2. The molecule has 0 atom stereocenters. The molecule has 0 spiro atoms. The molecular formula is C11H18N2O3. The highest BCUT2D eigenvalue weighted by Crippen LogP contribution is 2.29. The Morgan fingerprint density at radius 1 is 1.56 bits per heavy atom. The molecule has 16 heavy (non-hydrogen) atoms. The van der Waals surface area contributed by atoms with Gasteiger partial charge in [-0.3, -0.25) is 9.69 Å². The van der Waals surface area contributed by atoms with Crippen molar-refractivity contribution < 1.29 is 14.3 Å². The van der Waals surface area contributed by atoms with Gasteiger partial charge in [0.2, 0.25) is 5.91 Å². The smallest absolute Gasteiger partial charge is 0.410 e. The van der Waals surface area contributed by atoms with Gasteiger partial charge in [-0.05, 0) is 26.7 Å². The molecule has 5 heteroatoms. The highest BCUT2D eigenvalue weighted by Gasteiger charge is 2.37. The SMILES string of the molecule is CC(C)(CNC(=O)C1CC1)N1CCOC1=O. The highest BCUT2D eigenvalue weighted by molar-refractivity contribution is 5.81. The number of ether oxygens (including phenoxy) is 1. The van der Waals surface area contributed by atoms with Gasteiger partial charge < -0.3 is 10.1 Å². The summed E-state index contributed by atoms with van der Waals surface area (Å²) in [5.74, 6) is 0.321. The van der Waals surface area contributed by atoms with Gasteiger partial charge >= 0.3 is 6.09 Å². The van der Waals surface area contributed by atoms with E-state index in [0.717, 1.165) is 12.8 Å². The minimum atomic E-state index is -0.377. The molecule has 90 valence electrons. The Bertz CT molecular complexity index is 310. The summed E-state index contributed by atoms with van der Waals surface area (Å²) >= 11 is 0. The largest absolute Gasteiger partial charge is 0.448 e. The van der Waals surface area contributed by atoms with E-state index >= 15 is 0 Å². The number of rotatable bonds is 4. The minimum Gasteiger partial charge on any atom is -0.448 e. The molecule has 2 amide bonds. The van der Waals surface area contributed by atoms with Gasteiger partial charge in [-0.25, -0.2) is 4.79 Å². The van der Waals surface area contributed by atoms with Crippen LogP contribution in [0.3, 0.4) is 0 Å². The van der Waals surface area contributed by atoms with E-state index in [9.17, 15) is 9.59 Å². The van der Waals surface area contributed by atoms with Gasteiger partial charge in [0.1, 0.15) is 6.61 Å². The van der Waals surface area contributed by atoms with Gasteiger partial charge in [0.05, 0.1) is 12.1 Å². The van der Waals surface area contributed by atoms with Crippen molar-refractivity contribution in [1.29, 1.82) is 0 Å². The maximum Gasteiger partial charge on any atom is 0.410 e. The van der Waals surface area contributed by atoms with Crippen molar-refractivity contribution in [3.63, 3.8) is 0 Å². The Labute approximate surface area is 95.1 Å². The van der Waals surface area contributed by atoms with E-state index in [4.69, 9.17) is 4.74 Å². The Balaban J connectivity index is 1.86. The summed E-state index contributed by atoms with van der Waals surface area (Å²) in [6, 6.07) is 0.